The largest absolute Gasteiger partial charge is 0.506 e. The SMILES string of the molecule is CN(C)C1=CC(=N)C(=N)C(N(C)C)=C1.Nc1ccc(-c2ccccc2)cc1O. The number of nitrogens with two attached hydrogens (primary N) is 1. The van der Waals surface area contributed by atoms with Crippen LogP contribution >= 0.6 is 0 Å². The van der Waals surface area contributed by atoms with Crippen molar-refractivity contribution in [3.05, 3.63) is 72.1 Å². The summed E-state index contributed by atoms with van der Waals surface area (Å²) in [6.07, 6.45) is 3.62. The summed E-state index contributed by atoms with van der Waals surface area (Å²) in [4.78, 5) is 3.79. The summed E-state index contributed by atoms with van der Waals surface area (Å²) in [5.74, 6) is 0.131. The van der Waals surface area contributed by atoms with Crippen LogP contribution < -0.4 is 5.73 Å². The van der Waals surface area contributed by atoms with Crippen LogP contribution in [0.1, 0.15) is 0 Å². The van der Waals surface area contributed by atoms with E-state index in [9.17, 15) is 5.11 Å². The third-order valence-electron chi connectivity index (χ3n) is 4.24. The van der Waals surface area contributed by atoms with Crippen LogP contribution in [-0.4, -0.2) is 54.5 Å². The molecule has 6 heteroatoms. The number of nitrogens with one attached hydrogen (secondary N) is 2. The predicted octanol–water partition coefficient (Wildman–Crippen LogP) is 3.57. The lowest BCUT2D eigenvalue weighted by Crippen LogP contribution is -2.29. The zero-order chi connectivity index (χ0) is 20.8. The van der Waals surface area contributed by atoms with Crippen LogP contribution in [0.4, 0.5) is 5.69 Å². The maximum Gasteiger partial charge on any atom is 0.139 e. The average molecular weight is 377 g/mol. The highest BCUT2D eigenvalue weighted by atomic mass is 16.3. The molecule has 0 fully saturated rings. The van der Waals surface area contributed by atoms with E-state index < -0.39 is 0 Å². The van der Waals surface area contributed by atoms with Crippen LogP contribution in [0.5, 0.6) is 5.75 Å². The minimum absolute atomic E-state index is 0.131. The fourth-order valence-electron chi connectivity index (χ4n) is 2.58. The van der Waals surface area contributed by atoms with E-state index in [0.717, 1.165) is 22.5 Å². The Morgan fingerprint density at radius 1 is 0.821 bits per heavy atom. The molecule has 146 valence electrons. The molecular weight excluding hydrogens is 350 g/mol. The third kappa shape index (κ3) is 5.01. The highest BCUT2D eigenvalue weighted by Crippen LogP contribution is 2.27. The first-order chi connectivity index (χ1) is 13.2. The van der Waals surface area contributed by atoms with Crippen molar-refractivity contribution in [2.24, 2.45) is 0 Å². The number of anilines is 1. The second kappa shape index (κ2) is 8.90. The molecule has 0 aliphatic heterocycles. The van der Waals surface area contributed by atoms with E-state index in [1.807, 2.05) is 80.5 Å². The molecule has 6 nitrogen and oxygen atoms in total. The van der Waals surface area contributed by atoms with Crippen molar-refractivity contribution in [1.29, 1.82) is 10.8 Å². The van der Waals surface area contributed by atoms with Crippen LogP contribution in [-0.2, 0) is 0 Å². The fraction of sp³-hybridized carbons (Fsp3) is 0.182. The van der Waals surface area contributed by atoms with Gasteiger partial charge in [0.15, 0.2) is 0 Å². The minimum Gasteiger partial charge on any atom is -0.506 e. The second-order valence-corrected chi connectivity index (χ2v) is 6.82. The molecule has 0 heterocycles. The van der Waals surface area contributed by atoms with Crippen LogP contribution in [0, 0.1) is 10.8 Å². The summed E-state index contributed by atoms with van der Waals surface area (Å²) in [5, 5.41) is 24.8. The van der Waals surface area contributed by atoms with Crippen molar-refractivity contribution in [1.82, 2.24) is 9.80 Å². The van der Waals surface area contributed by atoms with Crippen LogP contribution in [0.25, 0.3) is 11.1 Å². The van der Waals surface area contributed by atoms with Crippen molar-refractivity contribution in [2.75, 3.05) is 33.9 Å². The lowest BCUT2D eigenvalue weighted by Gasteiger charge is -2.25. The third-order valence-corrected chi connectivity index (χ3v) is 4.24. The maximum atomic E-state index is 9.44. The van der Waals surface area contributed by atoms with Gasteiger partial charge in [-0.1, -0.05) is 36.4 Å². The Morgan fingerprint density at radius 3 is 2.00 bits per heavy atom. The van der Waals surface area contributed by atoms with Crippen molar-refractivity contribution in [2.45, 2.75) is 0 Å². The van der Waals surface area contributed by atoms with E-state index in [-0.39, 0.29) is 17.2 Å². The zero-order valence-corrected chi connectivity index (χ0v) is 16.7. The summed E-state index contributed by atoms with van der Waals surface area (Å²) < 4.78 is 0. The van der Waals surface area contributed by atoms with Gasteiger partial charge in [0.2, 0.25) is 0 Å². The monoisotopic (exact) mass is 377 g/mol. The Morgan fingerprint density at radius 2 is 1.46 bits per heavy atom. The molecule has 2 aromatic carbocycles. The Bertz CT molecular complexity index is 927. The molecule has 0 saturated carbocycles. The molecule has 2 aromatic rings. The molecule has 0 spiro atoms. The van der Waals surface area contributed by atoms with E-state index in [1.54, 1.807) is 18.2 Å². The zero-order valence-electron chi connectivity index (χ0n) is 16.7. The van der Waals surface area contributed by atoms with Crippen LogP contribution in [0.2, 0.25) is 0 Å². The van der Waals surface area contributed by atoms with Gasteiger partial charge in [-0.05, 0) is 35.4 Å². The number of phenols is 1. The second-order valence-electron chi connectivity index (χ2n) is 6.82. The van der Waals surface area contributed by atoms with Gasteiger partial charge < -0.3 is 20.6 Å². The number of likely N-dealkylation sites (N-methyl/N-ethyl adjacent to an activating group) is 1. The van der Waals surface area contributed by atoms with E-state index in [4.69, 9.17) is 16.6 Å². The minimum atomic E-state index is 0.131. The lowest BCUT2D eigenvalue weighted by atomic mass is 10.0. The van der Waals surface area contributed by atoms with Crippen LogP contribution in [0.15, 0.2) is 72.1 Å². The van der Waals surface area contributed by atoms with Gasteiger partial charge in [-0.2, -0.15) is 0 Å². The van der Waals surface area contributed by atoms with Crippen LogP contribution in [0.3, 0.4) is 0 Å². The van der Waals surface area contributed by atoms with Crippen molar-refractivity contribution < 1.29 is 5.11 Å². The number of nitrogens with zero attached hydrogens (tertiary/aromatic N) is 2. The summed E-state index contributed by atoms with van der Waals surface area (Å²) in [6, 6.07) is 15.1. The molecule has 0 unspecified atom stereocenters. The number of nitrogen functional groups attached to an aromatic ring is 1. The van der Waals surface area contributed by atoms with E-state index in [1.165, 1.54) is 0 Å². The summed E-state index contributed by atoms with van der Waals surface area (Å²) >= 11 is 0. The first kappa shape index (κ1) is 20.8. The molecule has 0 amide bonds. The van der Waals surface area contributed by atoms with Gasteiger partial charge in [-0.25, -0.2) is 0 Å². The quantitative estimate of drug-likeness (QED) is 0.373. The summed E-state index contributed by atoms with van der Waals surface area (Å²) in [5.41, 5.74) is 10.2. The molecular formula is C22H27N5O. The smallest absolute Gasteiger partial charge is 0.139 e. The molecule has 1 aliphatic carbocycles. The molecule has 0 radical (unpaired) electrons. The van der Waals surface area contributed by atoms with E-state index >= 15 is 0 Å². The first-order valence-corrected chi connectivity index (χ1v) is 8.80. The van der Waals surface area contributed by atoms with Crippen molar-refractivity contribution >= 4 is 17.1 Å². The summed E-state index contributed by atoms with van der Waals surface area (Å²) in [6.45, 7) is 0. The molecule has 0 aromatic heterocycles. The molecule has 1 aliphatic rings. The highest BCUT2D eigenvalue weighted by Gasteiger charge is 2.17. The fourth-order valence-corrected chi connectivity index (χ4v) is 2.58. The van der Waals surface area contributed by atoms with E-state index in [0.29, 0.717) is 5.69 Å². The molecule has 0 atom stereocenters. The maximum absolute atomic E-state index is 9.44. The van der Waals surface area contributed by atoms with Crippen molar-refractivity contribution in [3.8, 4) is 16.9 Å². The van der Waals surface area contributed by atoms with Gasteiger partial charge in [0.05, 0.1) is 17.1 Å². The molecule has 28 heavy (non-hydrogen) atoms. The number of hydrogen-bond donors (Lipinski definition) is 4. The molecule has 0 saturated heterocycles. The number of allylic oxidation sites excluding steroid dienone is 3. The van der Waals surface area contributed by atoms with Gasteiger partial charge in [0.1, 0.15) is 11.5 Å². The number of phenolic OH excluding ortho intramolecular Hbond substituents is 1. The van der Waals surface area contributed by atoms with Gasteiger partial charge >= 0.3 is 0 Å². The predicted molar refractivity (Wildman–Crippen MR) is 117 cm³/mol. The Labute approximate surface area is 166 Å². The standard InChI is InChI=1S/C12H11NO.C10H16N4/c13-11-7-6-10(8-12(11)14)9-4-2-1-3-5-9;1-13(2)7-5-8(11)10(12)9(6-7)14(3)4/h1-8,14H,13H2;5-6,11-12H,1-4H3. The Balaban J connectivity index is 0.000000200. The topological polar surface area (TPSA) is 100 Å². The molecule has 0 bridgehead atoms. The Kier molecular flexibility index (Phi) is 6.60. The Hall–Kier alpha value is -3.54. The summed E-state index contributed by atoms with van der Waals surface area (Å²) in [7, 11) is 7.62. The van der Waals surface area contributed by atoms with E-state index in [2.05, 4.69) is 0 Å². The number of benzene rings is 2. The first-order valence-electron chi connectivity index (χ1n) is 8.80. The molecule has 5 N–H and O–H groups in total. The highest BCUT2D eigenvalue weighted by molar-refractivity contribution is 6.50. The van der Waals surface area contributed by atoms with Gasteiger partial charge in [0, 0.05) is 33.9 Å². The number of aromatic hydroxyl groups is 1. The van der Waals surface area contributed by atoms with Crippen molar-refractivity contribution in [3.63, 3.8) is 0 Å². The normalized spacial score (nSPS) is 13.1. The number of hydrogen-bond acceptors (Lipinski definition) is 6. The lowest BCUT2D eigenvalue weighted by molar-refractivity contribution is 0.478. The van der Waals surface area contributed by atoms with Gasteiger partial charge in [-0.15, -0.1) is 0 Å². The average Bonchev–Trinajstić information content (AvgIpc) is 2.67. The van der Waals surface area contributed by atoms with Gasteiger partial charge in [-0.3, -0.25) is 10.8 Å². The number of rotatable bonds is 3. The van der Waals surface area contributed by atoms with Gasteiger partial charge in [0.25, 0.3) is 0 Å². The molecule has 3 rings (SSSR count).